The maximum absolute atomic E-state index is 12.2. The van der Waals surface area contributed by atoms with Crippen LogP contribution in [-0.4, -0.2) is 23.9 Å². The van der Waals surface area contributed by atoms with Gasteiger partial charge in [-0.15, -0.1) is 0 Å². The molecule has 1 aliphatic heterocycles. The second-order valence-corrected chi connectivity index (χ2v) is 6.48. The van der Waals surface area contributed by atoms with E-state index in [2.05, 4.69) is 63.4 Å². The summed E-state index contributed by atoms with van der Waals surface area (Å²) < 4.78 is 1.03. The first-order valence-electron chi connectivity index (χ1n) is 7.57. The highest BCUT2D eigenvalue weighted by atomic mass is 79.9. The van der Waals surface area contributed by atoms with Crippen LogP contribution in [0.1, 0.15) is 30.5 Å². The molecule has 0 aromatic heterocycles. The summed E-state index contributed by atoms with van der Waals surface area (Å²) in [5.74, 6) is 0.0513. The quantitative estimate of drug-likeness (QED) is 0.891. The molecule has 1 heterocycles. The first-order chi connectivity index (χ1) is 10.7. The Morgan fingerprint density at radius 3 is 2.73 bits per heavy atom. The standard InChI is InChI=1S/C18H19BrN2O/c1-2-10-21-12-17(22)20-16-9-8-14(19)11-15(16)18(21)13-6-4-3-5-7-13/h3-9,11,18H,2,10,12H2,1H3,(H,20,22). The van der Waals surface area contributed by atoms with Gasteiger partial charge in [-0.05, 0) is 42.3 Å². The molecule has 0 saturated carbocycles. The van der Waals surface area contributed by atoms with Gasteiger partial charge < -0.3 is 5.32 Å². The number of anilines is 1. The van der Waals surface area contributed by atoms with Crippen LogP contribution in [0.25, 0.3) is 0 Å². The van der Waals surface area contributed by atoms with Crippen molar-refractivity contribution >= 4 is 27.5 Å². The van der Waals surface area contributed by atoms with Crippen molar-refractivity contribution in [2.24, 2.45) is 0 Å². The Hall–Kier alpha value is -1.65. The van der Waals surface area contributed by atoms with Crippen LogP contribution in [0.3, 0.4) is 0 Å². The average molecular weight is 359 g/mol. The minimum absolute atomic E-state index is 0.0513. The molecule has 0 saturated heterocycles. The monoisotopic (exact) mass is 358 g/mol. The van der Waals surface area contributed by atoms with Crippen molar-refractivity contribution in [2.45, 2.75) is 19.4 Å². The fraction of sp³-hybridized carbons (Fsp3) is 0.278. The molecule has 114 valence electrons. The average Bonchev–Trinajstić information content (AvgIpc) is 2.64. The number of carbonyl (C=O) groups is 1. The Labute approximate surface area is 139 Å². The Morgan fingerprint density at radius 2 is 2.00 bits per heavy atom. The van der Waals surface area contributed by atoms with Crippen LogP contribution < -0.4 is 5.32 Å². The van der Waals surface area contributed by atoms with Crippen molar-refractivity contribution in [3.05, 3.63) is 64.1 Å². The van der Waals surface area contributed by atoms with Gasteiger partial charge in [-0.2, -0.15) is 0 Å². The van der Waals surface area contributed by atoms with Gasteiger partial charge in [0.1, 0.15) is 0 Å². The van der Waals surface area contributed by atoms with Gasteiger partial charge in [0.25, 0.3) is 0 Å². The maximum Gasteiger partial charge on any atom is 0.238 e. The molecule has 0 radical (unpaired) electrons. The number of rotatable bonds is 3. The Balaban J connectivity index is 2.15. The number of nitrogens with zero attached hydrogens (tertiary/aromatic N) is 1. The van der Waals surface area contributed by atoms with E-state index in [1.165, 1.54) is 5.56 Å². The zero-order valence-electron chi connectivity index (χ0n) is 12.6. The molecule has 4 heteroatoms. The molecule has 1 unspecified atom stereocenters. The number of carbonyl (C=O) groups excluding carboxylic acids is 1. The van der Waals surface area contributed by atoms with Crippen LogP contribution in [-0.2, 0) is 4.79 Å². The number of amides is 1. The SMILES string of the molecule is CCCN1CC(=O)Nc2ccc(Br)cc2C1c1ccccc1. The van der Waals surface area contributed by atoms with Crippen LogP contribution in [0.15, 0.2) is 53.0 Å². The van der Waals surface area contributed by atoms with Gasteiger partial charge in [-0.1, -0.05) is 53.2 Å². The van der Waals surface area contributed by atoms with E-state index in [1.807, 2.05) is 18.2 Å². The zero-order valence-corrected chi connectivity index (χ0v) is 14.1. The lowest BCUT2D eigenvalue weighted by atomic mass is 9.96. The van der Waals surface area contributed by atoms with Crippen LogP contribution in [0.2, 0.25) is 0 Å². The summed E-state index contributed by atoms with van der Waals surface area (Å²) in [6, 6.07) is 16.5. The summed E-state index contributed by atoms with van der Waals surface area (Å²) >= 11 is 3.56. The molecule has 0 fully saturated rings. The molecule has 0 spiro atoms. The highest BCUT2D eigenvalue weighted by molar-refractivity contribution is 9.10. The van der Waals surface area contributed by atoms with Gasteiger partial charge in [-0.25, -0.2) is 0 Å². The molecule has 2 aromatic carbocycles. The number of hydrogen-bond donors (Lipinski definition) is 1. The number of benzene rings is 2. The number of hydrogen-bond acceptors (Lipinski definition) is 2. The minimum Gasteiger partial charge on any atom is -0.325 e. The Kier molecular flexibility index (Phi) is 4.60. The molecule has 1 atom stereocenters. The first kappa shape index (κ1) is 15.3. The molecule has 22 heavy (non-hydrogen) atoms. The molecular weight excluding hydrogens is 340 g/mol. The summed E-state index contributed by atoms with van der Waals surface area (Å²) in [5, 5.41) is 3.04. The van der Waals surface area contributed by atoms with E-state index in [0.29, 0.717) is 6.54 Å². The normalized spacial score (nSPS) is 18.5. The van der Waals surface area contributed by atoms with Crippen molar-refractivity contribution in [3.8, 4) is 0 Å². The van der Waals surface area contributed by atoms with Gasteiger partial charge in [0.15, 0.2) is 0 Å². The summed E-state index contributed by atoms with van der Waals surface area (Å²) in [5.41, 5.74) is 3.26. The number of nitrogens with one attached hydrogen (secondary N) is 1. The lowest BCUT2D eigenvalue weighted by Gasteiger charge is -2.30. The fourth-order valence-electron chi connectivity index (χ4n) is 3.06. The van der Waals surface area contributed by atoms with Gasteiger partial charge in [0.05, 0.1) is 12.6 Å². The Bertz CT molecular complexity index is 672. The second kappa shape index (κ2) is 6.63. The van der Waals surface area contributed by atoms with E-state index >= 15 is 0 Å². The molecule has 3 rings (SSSR count). The third-order valence-electron chi connectivity index (χ3n) is 3.92. The maximum atomic E-state index is 12.2. The van der Waals surface area contributed by atoms with Crippen molar-refractivity contribution in [1.29, 1.82) is 0 Å². The van der Waals surface area contributed by atoms with Gasteiger partial charge in [0, 0.05) is 10.2 Å². The lowest BCUT2D eigenvalue weighted by molar-refractivity contribution is -0.117. The van der Waals surface area contributed by atoms with Crippen LogP contribution >= 0.6 is 15.9 Å². The van der Waals surface area contributed by atoms with E-state index in [-0.39, 0.29) is 11.9 Å². The van der Waals surface area contributed by atoms with E-state index in [1.54, 1.807) is 0 Å². The minimum atomic E-state index is 0.0513. The van der Waals surface area contributed by atoms with Crippen LogP contribution in [0.5, 0.6) is 0 Å². The molecule has 0 bridgehead atoms. The smallest absolute Gasteiger partial charge is 0.238 e. The van der Waals surface area contributed by atoms with Gasteiger partial charge in [-0.3, -0.25) is 9.69 Å². The third kappa shape index (κ3) is 3.08. The molecule has 0 aliphatic carbocycles. The molecule has 2 aromatic rings. The molecule has 1 amide bonds. The van der Waals surface area contributed by atoms with E-state index in [9.17, 15) is 4.79 Å². The Morgan fingerprint density at radius 1 is 1.23 bits per heavy atom. The fourth-order valence-corrected chi connectivity index (χ4v) is 3.44. The first-order valence-corrected chi connectivity index (χ1v) is 8.36. The summed E-state index contributed by atoms with van der Waals surface area (Å²) in [6.45, 7) is 3.45. The summed E-state index contributed by atoms with van der Waals surface area (Å²) in [6.07, 6.45) is 1.01. The van der Waals surface area contributed by atoms with Crippen LogP contribution in [0.4, 0.5) is 5.69 Å². The van der Waals surface area contributed by atoms with Crippen LogP contribution in [0, 0.1) is 0 Å². The molecule has 1 aliphatic rings. The second-order valence-electron chi connectivity index (χ2n) is 5.56. The van der Waals surface area contributed by atoms with E-state index < -0.39 is 0 Å². The largest absolute Gasteiger partial charge is 0.325 e. The number of halogens is 1. The van der Waals surface area contributed by atoms with Crippen molar-refractivity contribution in [1.82, 2.24) is 4.90 Å². The lowest BCUT2D eigenvalue weighted by Crippen LogP contribution is -2.34. The highest BCUT2D eigenvalue weighted by Crippen LogP contribution is 2.37. The summed E-state index contributed by atoms with van der Waals surface area (Å²) in [4.78, 5) is 14.5. The third-order valence-corrected chi connectivity index (χ3v) is 4.41. The predicted octanol–water partition coefficient (Wildman–Crippen LogP) is 4.20. The predicted molar refractivity (Wildman–Crippen MR) is 92.9 cm³/mol. The molecule has 3 nitrogen and oxygen atoms in total. The molecule has 1 N–H and O–H groups in total. The molecular formula is C18H19BrN2O. The van der Waals surface area contributed by atoms with E-state index in [0.717, 1.165) is 28.7 Å². The summed E-state index contributed by atoms with van der Waals surface area (Å²) in [7, 11) is 0. The van der Waals surface area contributed by atoms with Crippen molar-refractivity contribution < 1.29 is 4.79 Å². The van der Waals surface area contributed by atoms with Gasteiger partial charge >= 0.3 is 0 Å². The van der Waals surface area contributed by atoms with Crippen molar-refractivity contribution in [2.75, 3.05) is 18.4 Å². The topological polar surface area (TPSA) is 32.3 Å². The zero-order chi connectivity index (χ0) is 15.5. The van der Waals surface area contributed by atoms with Gasteiger partial charge in [0.2, 0.25) is 5.91 Å². The van der Waals surface area contributed by atoms with Crippen molar-refractivity contribution in [3.63, 3.8) is 0 Å². The van der Waals surface area contributed by atoms with E-state index in [4.69, 9.17) is 0 Å². The number of fused-ring (bicyclic) bond motifs is 1. The highest BCUT2D eigenvalue weighted by Gasteiger charge is 2.29.